The maximum absolute atomic E-state index is 12.8. The van der Waals surface area contributed by atoms with Gasteiger partial charge in [0.25, 0.3) is 5.91 Å². The number of hydrogen-bond acceptors (Lipinski definition) is 4. The number of rotatable bonds is 5. The minimum atomic E-state index is -3.67. The van der Waals surface area contributed by atoms with Crippen molar-refractivity contribution < 1.29 is 17.9 Å². The quantitative estimate of drug-likeness (QED) is 0.779. The molecule has 0 spiro atoms. The van der Waals surface area contributed by atoms with Crippen molar-refractivity contribution in [2.45, 2.75) is 37.0 Å². The molecule has 1 aromatic carbocycles. The highest BCUT2D eigenvalue weighted by molar-refractivity contribution is 7.89. The van der Waals surface area contributed by atoms with E-state index in [1.807, 2.05) is 0 Å². The van der Waals surface area contributed by atoms with Crippen molar-refractivity contribution >= 4 is 27.5 Å². The number of sulfonamides is 1. The maximum Gasteiger partial charge on any atom is 0.260 e. The van der Waals surface area contributed by atoms with Crippen molar-refractivity contribution in [1.29, 1.82) is 0 Å². The highest BCUT2D eigenvalue weighted by Crippen LogP contribution is 2.31. The first-order chi connectivity index (χ1) is 12.0. The second-order valence-corrected chi connectivity index (χ2v) is 8.78. The van der Waals surface area contributed by atoms with Crippen molar-refractivity contribution in [2.75, 3.05) is 32.8 Å². The number of halogens is 1. The Morgan fingerprint density at radius 2 is 1.68 bits per heavy atom. The lowest BCUT2D eigenvalue weighted by Gasteiger charge is -2.26. The molecular formula is C17H23ClN2O4S. The van der Waals surface area contributed by atoms with Gasteiger partial charge in [-0.3, -0.25) is 4.79 Å². The van der Waals surface area contributed by atoms with E-state index in [9.17, 15) is 13.2 Å². The molecule has 1 amide bonds. The summed E-state index contributed by atoms with van der Waals surface area (Å²) in [5.41, 5.74) is 0. The Morgan fingerprint density at radius 1 is 1.04 bits per heavy atom. The van der Waals surface area contributed by atoms with Crippen molar-refractivity contribution in [2.24, 2.45) is 0 Å². The monoisotopic (exact) mass is 386 g/mol. The molecule has 25 heavy (non-hydrogen) atoms. The minimum Gasteiger partial charge on any atom is -0.482 e. The van der Waals surface area contributed by atoms with E-state index in [1.54, 1.807) is 11.0 Å². The minimum absolute atomic E-state index is 0.0355. The van der Waals surface area contributed by atoms with Crippen LogP contribution < -0.4 is 4.74 Å². The summed E-state index contributed by atoms with van der Waals surface area (Å²) in [7, 11) is -3.67. The van der Waals surface area contributed by atoms with Gasteiger partial charge in [0.2, 0.25) is 10.0 Å². The summed E-state index contributed by atoms with van der Waals surface area (Å²) in [6.07, 6.45) is 4.84. The number of benzene rings is 1. The Bertz CT molecular complexity index is 726. The number of carbonyl (C=O) groups is 1. The smallest absolute Gasteiger partial charge is 0.260 e. The van der Waals surface area contributed by atoms with Crippen LogP contribution in [-0.4, -0.2) is 56.3 Å². The molecule has 0 radical (unpaired) electrons. The second kappa shape index (κ2) is 7.93. The van der Waals surface area contributed by atoms with Crippen LogP contribution in [0.5, 0.6) is 5.75 Å². The van der Waals surface area contributed by atoms with Crippen molar-refractivity contribution in [3.8, 4) is 5.75 Å². The number of nitrogens with zero attached hydrogens (tertiary/aromatic N) is 2. The SMILES string of the molecule is O=C(COc1ccc(Cl)cc1S(=O)(=O)N1CCCC1)N1CCCCC1. The van der Waals surface area contributed by atoms with Crippen molar-refractivity contribution in [3.05, 3.63) is 23.2 Å². The highest BCUT2D eigenvalue weighted by Gasteiger charge is 2.30. The summed E-state index contributed by atoms with van der Waals surface area (Å²) >= 11 is 6.00. The number of hydrogen-bond donors (Lipinski definition) is 0. The van der Waals surface area contributed by atoms with Crippen molar-refractivity contribution in [3.63, 3.8) is 0 Å². The number of piperidine rings is 1. The third-order valence-corrected chi connectivity index (χ3v) is 6.80. The van der Waals surface area contributed by atoms with Gasteiger partial charge in [-0.1, -0.05) is 11.6 Å². The predicted molar refractivity (Wildman–Crippen MR) is 95.4 cm³/mol. The Morgan fingerprint density at radius 3 is 2.36 bits per heavy atom. The van der Waals surface area contributed by atoms with Gasteiger partial charge in [-0.2, -0.15) is 4.31 Å². The summed E-state index contributed by atoms with van der Waals surface area (Å²) in [6.45, 7) is 2.32. The van der Waals surface area contributed by atoms with Crippen LogP contribution in [-0.2, 0) is 14.8 Å². The molecule has 0 bridgehead atoms. The first kappa shape index (κ1) is 18.5. The van der Waals surface area contributed by atoms with E-state index in [0.29, 0.717) is 18.1 Å². The number of ether oxygens (including phenoxy) is 1. The van der Waals surface area contributed by atoms with Gasteiger partial charge in [0.1, 0.15) is 10.6 Å². The molecule has 0 saturated carbocycles. The topological polar surface area (TPSA) is 66.9 Å². The van der Waals surface area contributed by atoms with Crippen LogP contribution in [0, 0.1) is 0 Å². The summed E-state index contributed by atoms with van der Waals surface area (Å²) in [5.74, 6) is 0.0702. The average Bonchev–Trinajstić information content (AvgIpc) is 3.16. The zero-order valence-corrected chi connectivity index (χ0v) is 15.7. The molecule has 0 N–H and O–H groups in total. The van der Waals surface area contributed by atoms with E-state index in [0.717, 1.165) is 45.2 Å². The standard InChI is InChI=1S/C17H23ClN2O4S/c18-14-6-7-15(24-13-17(21)19-8-2-1-3-9-19)16(12-14)25(22,23)20-10-4-5-11-20/h6-7,12H,1-5,8-11,13H2. The largest absolute Gasteiger partial charge is 0.482 e. The van der Waals surface area contributed by atoms with E-state index in [-0.39, 0.29) is 23.2 Å². The first-order valence-corrected chi connectivity index (χ1v) is 10.5. The molecule has 8 heteroatoms. The zero-order valence-electron chi connectivity index (χ0n) is 14.1. The van der Waals surface area contributed by atoms with Gasteiger partial charge in [-0.25, -0.2) is 8.42 Å². The number of amides is 1. The molecule has 138 valence electrons. The zero-order chi connectivity index (χ0) is 17.9. The van der Waals surface area contributed by atoms with E-state index in [1.165, 1.54) is 16.4 Å². The lowest BCUT2D eigenvalue weighted by Crippen LogP contribution is -2.38. The second-order valence-electron chi connectivity index (χ2n) is 6.43. The van der Waals surface area contributed by atoms with Gasteiger partial charge in [0, 0.05) is 31.2 Å². The Labute approximate surface area is 153 Å². The third-order valence-electron chi connectivity index (χ3n) is 4.65. The van der Waals surface area contributed by atoms with E-state index in [4.69, 9.17) is 16.3 Å². The molecule has 1 aromatic rings. The maximum atomic E-state index is 12.8. The van der Waals surface area contributed by atoms with E-state index < -0.39 is 10.0 Å². The van der Waals surface area contributed by atoms with Gasteiger partial charge in [0.15, 0.2) is 6.61 Å². The normalized spacial score (nSPS) is 19.2. The van der Waals surface area contributed by atoms with Crippen LogP contribution in [0.1, 0.15) is 32.1 Å². The molecule has 2 saturated heterocycles. The summed E-state index contributed by atoms with van der Waals surface area (Å²) in [4.78, 5) is 14.1. The third kappa shape index (κ3) is 4.27. The molecule has 2 aliphatic rings. The van der Waals surface area contributed by atoms with Crippen molar-refractivity contribution in [1.82, 2.24) is 9.21 Å². The number of carbonyl (C=O) groups excluding carboxylic acids is 1. The van der Waals surface area contributed by atoms with Crippen LogP contribution in [0.15, 0.2) is 23.1 Å². The van der Waals surface area contributed by atoms with Gasteiger partial charge < -0.3 is 9.64 Å². The fourth-order valence-electron chi connectivity index (χ4n) is 3.24. The molecule has 0 aliphatic carbocycles. The van der Waals surface area contributed by atoms with Gasteiger partial charge in [-0.15, -0.1) is 0 Å². The van der Waals surface area contributed by atoms with Crippen LogP contribution in [0.4, 0.5) is 0 Å². The number of likely N-dealkylation sites (tertiary alicyclic amines) is 1. The fourth-order valence-corrected chi connectivity index (χ4v) is 5.16. The Kier molecular flexibility index (Phi) is 5.86. The summed E-state index contributed by atoms with van der Waals surface area (Å²) in [5, 5.41) is 0.326. The van der Waals surface area contributed by atoms with Gasteiger partial charge in [0.05, 0.1) is 0 Å². The summed E-state index contributed by atoms with van der Waals surface area (Å²) < 4.78 is 32.7. The average molecular weight is 387 g/mol. The molecule has 0 unspecified atom stereocenters. The van der Waals surface area contributed by atoms with Crippen LogP contribution >= 0.6 is 11.6 Å². The molecule has 6 nitrogen and oxygen atoms in total. The predicted octanol–water partition coefficient (Wildman–Crippen LogP) is 2.52. The Hall–Kier alpha value is -1.31. The Balaban J connectivity index is 1.76. The molecule has 0 aromatic heterocycles. The highest BCUT2D eigenvalue weighted by atomic mass is 35.5. The molecule has 2 fully saturated rings. The van der Waals surface area contributed by atoms with Crippen LogP contribution in [0.25, 0.3) is 0 Å². The van der Waals surface area contributed by atoms with Crippen LogP contribution in [0.2, 0.25) is 5.02 Å². The summed E-state index contributed by atoms with van der Waals surface area (Å²) in [6, 6.07) is 4.50. The first-order valence-electron chi connectivity index (χ1n) is 8.69. The van der Waals surface area contributed by atoms with E-state index >= 15 is 0 Å². The molecule has 3 rings (SSSR count). The van der Waals surface area contributed by atoms with Crippen LogP contribution in [0.3, 0.4) is 0 Å². The molecular weight excluding hydrogens is 364 g/mol. The molecule has 2 heterocycles. The lowest BCUT2D eigenvalue weighted by atomic mass is 10.1. The van der Waals surface area contributed by atoms with Gasteiger partial charge >= 0.3 is 0 Å². The van der Waals surface area contributed by atoms with Gasteiger partial charge in [-0.05, 0) is 50.3 Å². The fraction of sp³-hybridized carbons (Fsp3) is 0.588. The lowest BCUT2D eigenvalue weighted by molar-refractivity contribution is -0.134. The molecule has 2 aliphatic heterocycles. The molecule has 0 atom stereocenters. The van der Waals surface area contributed by atoms with E-state index in [2.05, 4.69) is 0 Å².